The summed E-state index contributed by atoms with van der Waals surface area (Å²) in [7, 11) is 0. The van der Waals surface area contributed by atoms with Crippen LogP contribution in [-0.4, -0.2) is 33.9 Å². The molecule has 0 bridgehead atoms. The molecular weight excluding hydrogens is 441 g/mol. The molecule has 154 valence electrons. The molecule has 1 atom stereocenters. The SMILES string of the molecule is CSCCC(NC(=O)OC(C)(C)C)c1nnc(SCc2ccc(Cl)cc2Cl)o1. The van der Waals surface area contributed by atoms with Gasteiger partial charge in [-0.25, -0.2) is 4.79 Å². The quantitative estimate of drug-likeness (QED) is 0.481. The fourth-order valence-corrected chi connectivity index (χ4v) is 3.94. The summed E-state index contributed by atoms with van der Waals surface area (Å²) in [6.45, 7) is 5.44. The van der Waals surface area contributed by atoms with E-state index in [0.717, 1.165) is 11.3 Å². The lowest BCUT2D eigenvalue weighted by atomic mass is 10.2. The topological polar surface area (TPSA) is 77.2 Å². The Morgan fingerprint density at radius 2 is 2.07 bits per heavy atom. The number of hydrogen-bond acceptors (Lipinski definition) is 7. The number of hydrogen-bond donors (Lipinski definition) is 1. The summed E-state index contributed by atoms with van der Waals surface area (Å²) in [4.78, 5) is 12.1. The lowest BCUT2D eigenvalue weighted by Gasteiger charge is -2.22. The van der Waals surface area contributed by atoms with E-state index in [0.29, 0.717) is 33.3 Å². The van der Waals surface area contributed by atoms with Crippen LogP contribution in [0.5, 0.6) is 0 Å². The van der Waals surface area contributed by atoms with Crippen molar-refractivity contribution in [2.75, 3.05) is 12.0 Å². The van der Waals surface area contributed by atoms with Gasteiger partial charge in [0, 0.05) is 15.8 Å². The number of halogens is 2. The highest BCUT2D eigenvalue weighted by molar-refractivity contribution is 7.98. The molecule has 0 saturated heterocycles. The van der Waals surface area contributed by atoms with Crippen molar-refractivity contribution < 1.29 is 13.9 Å². The zero-order chi connectivity index (χ0) is 20.7. The molecule has 0 saturated carbocycles. The second-order valence-corrected chi connectivity index (χ2v) is 9.67. The van der Waals surface area contributed by atoms with E-state index in [1.807, 2.05) is 33.1 Å². The van der Waals surface area contributed by atoms with Crippen LogP contribution in [0.15, 0.2) is 27.8 Å². The highest BCUT2D eigenvalue weighted by Crippen LogP contribution is 2.29. The average molecular weight is 464 g/mol. The van der Waals surface area contributed by atoms with E-state index in [1.165, 1.54) is 11.8 Å². The molecule has 1 amide bonds. The van der Waals surface area contributed by atoms with E-state index in [1.54, 1.807) is 23.9 Å². The first kappa shape index (κ1) is 23.2. The van der Waals surface area contributed by atoms with Gasteiger partial charge in [0.15, 0.2) is 0 Å². The minimum atomic E-state index is -0.582. The van der Waals surface area contributed by atoms with Gasteiger partial charge < -0.3 is 14.5 Å². The third-order valence-corrected chi connectivity index (χ3v) is 5.49. The third kappa shape index (κ3) is 7.73. The molecule has 1 unspecified atom stereocenters. The molecule has 1 N–H and O–H groups in total. The molecule has 2 aromatic rings. The lowest BCUT2D eigenvalue weighted by molar-refractivity contribution is 0.0493. The van der Waals surface area contributed by atoms with E-state index < -0.39 is 17.7 Å². The van der Waals surface area contributed by atoms with Crippen molar-refractivity contribution in [3.63, 3.8) is 0 Å². The van der Waals surface area contributed by atoms with Gasteiger partial charge in [-0.3, -0.25) is 0 Å². The van der Waals surface area contributed by atoms with E-state index in [-0.39, 0.29) is 0 Å². The number of carbonyl (C=O) groups is 1. The second-order valence-electron chi connectivity index (χ2n) is 6.91. The molecular formula is C18H23Cl2N3O3S2. The number of nitrogens with one attached hydrogen (secondary N) is 1. The lowest BCUT2D eigenvalue weighted by Crippen LogP contribution is -2.35. The number of rotatable bonds is 8. The van der Waals surface area contributed by atoms with Crippen LogP contribution in [0.4, 0.5) is 4.79 Å². The summed E-state index contributed by atoms with van der Waals surface area (Å²) in [5, 5.41) is 12.6. The van der Waals surface area contributed by atoms with Crippen LogP contribution in [0, 0.1) is 0 Å². The number of nitrogens with zero attached hydrogens (tertiary/aromatic N) is 2. The molecule has 6 nitrogen and oxygen atoms in total. The smallest absolute Gasteiger partial charge is 0.408 e. The molecule has 1 heterocycles. The average Bonchev–Trinajstić information content (AvgIpc) is 3.05. The third-order valence-electron chi connectivity index (χ3n) is 3.39. The Kier molecular flexibility index (Phi) is 8.80. The molecule has 0 fully saturated rings. The molecule has 1 aromatic carbocycles. The van der Waals surface area contributed by atoms with Crippen LogP contribution >= 0.6 is 46.7 Å². The molecule has 0 radical (unpaired) electrons. The van der Waals surface area contributed by atoms with Crippen LogP contribution in [0.2, 0.25) is 10.0 Å². The van der Waals surface area contributed by atoms with Crippen molar-refractivity contribution >= 4 is 52.8 Å². The Labute approximate surface area is 183 Å². The molecule has 0 aliphatic rings. The Bertz CT molecular complexity index is 797. The van der Waals surface area contributed by atoms with E-state index >= 15 is 0 Å². The van der Waals surface area contributed by atoms with E-state index in [2.05, 4.69) is 15.5 Å². The van der Waals surface area contributed by atoms with E-state index in [9.17, 15) is 4.79 Å². The van der Waals surface area contributed by atoms with Gasteiger partial charge in [0.05, 0.1) is 0 Å². The van der Waals surface area contributed by atoms with Gasteiger partial charge in [-0.05, 0) is 56.9 Å². The number of alkyl carbamates (subject to hydrolysis) is 1. The van der Waals surface area contributed by atoms with Crippen LogP contribution < -0.4 is 5.32 Å². The minimum Gasteiger partial charge on any atom is -0.444 e. The maximum atomic E-state index is 12.1. The first-order valence-electron chi connectivity index (χ1n) is 8.56. The van der Waals surface area contributed by atoms with Crippen LogP contribution in [0.25, 0.3) is 0 Å². The van der Waals surface area contributed by atoms with E-state index in [4.69, 9.17) is 32.4 Å². The number of aromatic nitrogens is 2. The van der Waals surface area contributed by atoms with Crippen molar-refractivity contribution in [3.8, 4) is 0 Å². The van der Waals surface area contributed by atoms with Gasteiger partial charge >= 0.3 is 6.09 Å². The first-order chi connectivity index (χ1) is 13.2. The van der Waals surface area contributed by atoms with Crippen LogP contribution in [0.3, 0.4) is 0 Å². The summed E-state index contributed by atoms with van der Waals surface area (Å²) >= 11 is 15.1. The Hall–Kier alpha value is -1.09. The number of benzene rings is 1. The monoisotopic (exact) mass is 463 g/mol. The summed E-state index contributed by atoms with van der Waals surface area (Å²) in [5.74, 6) is 1.74. The fourth-order valence-electron chi connectivity index (χ4n) is 2.14. The maximum Gasteiger partial charge on any atom is 0.408 e. The Balaban J connectivity index is 2.02. The molecule has 0 aliphatic carbocycles. The van der Waals surface area contributed by atoms with Gasteiger partial charge in [-0.1, -0.05) is 41.0 Å². The summed E-state index contributed by atoms with van der Waals surface area (Å²) in [6.07, 6.45) is 2.13. The number of thioether (sulfide) groups is 2. The normalized spacial score (nSPS) is 12.6. The molecule has 0 spiro atoms. The molecule has 1 aromatic heterocycles. The van der Waals surface area contributed by atoms with Gasteiger partial charge in [-0.2, -0.15) is 11.8 Å². The fraction of sp³-hybridized carbons (Fsp3) is 0.500. The van der Waals surface area contributed by atoms with Crippen molar-refractivity contribution in [2.45, 2.75) is 49.8 Å². The van der Waals surface area contributed by atoms with Crippen molar-refractivity contribution in [3.05, 3.63) is 39.7 Å². The molecule has 0 aliphatic heterocycles. The van der Waals surface area contributed by atoms with Gasteiger partial charge in [-0.15, -0.1) is 10.2 Å². The predicted molar refractivity (Wildman–Crippen MR) is 115 cm³/mol. The van der Waals surface area contributed by atoms with Crippen molar-refractivity contribution in [2.24, 2.45) is 0 Å². The predicted octanol–water partition coefficient (Wildman–Crippen LogP) is 5.99. The van der Waals surface area contributed by atoms with Gasteiger partial charge in [0.1, 0.15) is 11.6 Å². The van der Waals surface area contributed by atoms with Crippen LogP contribution in [0.1, 0.15) is 44.7 Å². The molecule has 10 heteroatoms. The Morgan fingerprint density at radius 3 is 2.71 bits per heavy atom. The highest BCUT2D eigenvalue weighted by atomic mass is 35.5. The zero-order valence-electron chi connectivity index (χ0n) is 16.1. The summed E-state index contributed by atoms with van der Waals surface area (Å²) < 4.78 is 11.1. The van der Waals surface area contributed by atoms with Crippen LogP contribution in [-0.2, 0) is 10.5 Å². The zero-order valence-corrected chi connectivity index (χ0v) is 19.3. The summed E-state index contributed by atoms with van der Waals surface area (Å²) in [5.41, 5.74) is 0.337. The highest BCUT2D eigenvalue weighted by Gasteiger charge is 2.24. The van der Waals surface area contributed by atoms with Gasteiger partial charge in [0.2, 0.25) is 5.89 Å². The number of carbonyl (C=O) groups excluding carboxylic acids is 1. The maximum absolute atomic E-state index is 12.1. The largest absolute Gasteiger partial charge is 0.444 e. The van der Waals surface area contributed by atoms with Crippen molar-refractivity contribution in [1.29, 1.82) is 0 Å². The van der Waals surface area contributed by atoms with Gasteiger partial charge in [0.25, 0.3) is 5.22 Å². The molecule has 2 rings (SSSR count). The second kappa shape index (κ2) is 10.6. The standard InChI is InChI=1S/C18H23Cl2N3O3S2/c1-18(2,3)26-16(24)21-14(7-8-27-4)15-22-23-17(25-15)28-10-11-5-6-12(19)9-13(11)20/h5-6,9,14H,7-8,10H2,1-4H3,(H,21,24). The summed E-state index contributed by atoms with van der Waals surface area (Å²) in [6, 6.07) is 4.93. The first-order valence-corrected chi connectivity index (χ1v) is 11.7. The Morgan fingerprint density at radius 1 is 1.32 bits per heavy atom. The number of amides is 1. The van der Waals surface area contributed by atoms with Crippen molar-refractivity contribution in [1.82, 2.24) is 15.5 Å². The molecule has 28 heavy (non-hydrogen) atoms. The number of ether oxygens (including phenoxy) is 1. The minimum absolute atomic E-state index is 0.351.